The molecule has 2 aliphatic rings. The smallest absolute Gasteiger partial charge is 0.239 e. The molecule has 104 valence electrons. The van der Waals surface area contributed by atoms with Crippen molar-refractivity contribution in [2.24, 2.45) is 5.92 Å². The Labute approximate surface area is 114 Å². The second-order valence-corrected chi connectivity index (χ2v) is 4.89. The van der Waals surface area contributed by atoms with Gasteiger partial charge in [-0.2, -0.15) is 0 Å². The number of rotatable bonds is 2. The third kappa shape index (κ3) is 3.36. The fraction of sp³-hybridized carbons (Fsp3) is 0.833. The third-order valence-corrected chi connectivity index (χ3v) is 3.71. The molecule has 2 fully saturated rings. The zero-order valence-electron chi connectivity index (χ0n) is 10.8. The first kappa shape index (κ1) is 15.2. The molecule has 2 amide bonds. The molecule has 0 aromatic rings. The molecule has 2 N–H and O–H groups in total. The Bertz CT molecular complexity index is 306. The summed E-state index contributed by atoms with van der Waals surface area (Å²) in [5.74, 6) is 0.206. The number of nitrogens with zero attached hydrogens (tertiary/aromatic N) is 1. The summed E-state index contributed by atoms with van der Waals surface area (Å²) in [6, 6.07) is -0.0153. The zero-order valence-corrected chi connectivity index (χ0v) is 11.6. The predicted octanol–water partition coefficient (Wildman–Crippen LogP) is 0.145. The van der Waals surface area contributed by atoms with Crippen LogP contribution in [0.3, 0.4) is 0 Å². The maximum atomic E-state index is 12.2. The van der Waals surface area contributed by atoms with Crippen molar-refractivity contribution in [2.45, 2.75) is 31.7 Å². The van der Waals surface area contributed by atoms with Gasteiger partial charge in [0.25, 0.3) is 0 Å². The summed E-state index contributed by atoms with van der Waals surface area (Å²) in [5, 5.41) is 5.89. The fourth-order valence-corrected chi connectivity index (χ4v) is 2.71. The van der Waals surface area contributed by atoms with Gasteiger partial charge in [-0.05, 0) is 32.2 Å². The lowest BCUT2D eigenvalue weighted by atomic mass is 9.96. The van der Waals surface area contributed by atoms with Crippen molar-refractivity contribution in [1.82, 2.24) is 15.5 Å². The third-order valence-electron chi connectivity index (χ3n) is 3.71. The molecule has 0 aromatic heterocycles. The van der Waals surface area contributed by atoms with Crippen LogP contribution in [0, 0.1) is 5.92 Å². The number of likely N-dealkylation sites (tertiary alicyclic amines) is 1. The van der Waals surface area contributed by atoms with Crippen LogP contribution in [0.15, 0.2) is 0 Å². The maximum absolute atomic E-state index is 12.2. The molecule has 0 spiro atoms. The normalized spacial score (nSPS) is 27.5. The summed E-state index contributed by atoms with van der Waals surface area (Å²) in [6.45, 7) is 2.31. The summed E-state index contributed by atoms with van der Waals surface area (Å²) in [4.78, 5) is 25.6. The molecule has 18 heavy (non-hydrogen) atoms. The van der Waals surface area contributed by atoms with E-state index in [1.54, 1.807) is 7.05 Å². The van der Waals surface area contributed by atoms with Crippen molar-refractivity contribution < 1.29 is 9.59 Å². The molecule has 0 aliphatic carbocycles. The van der Waals surface area contributed by atoms with Crippen molar-refractivity contribution in [2.75, 3.05) is 26.7 Å². The van der Waals surface area contributed by atoms with Gasteiger partial charge in [0.05, 0.1) is 12.0 Å². The van der Waals surface area contributed by atoms with E-state index in [1.807, 2.05) is 4.90 Å². The van der Waals surface area contributed by atoms with Crippen LogP contribution in [-0.4, -0.2) is 49.4 Å². The van der Waals surface area contributed by atoms with E-state index >= 15 is 0 Å². The molecule has 0 aromatic carbocycles. The number of nitrogens with one attached hydrogen (secondary N) is 2. The molecular weight excluding hydrogens is 254 g/mol. The Hall–Kier alpha value is -0.810. The topological polar surface area (TPSA) is 61.4 Å². The number of piperidine rings is 1. The first-order chi connectivity index (χ1) is 8.22. The summed E-state index contributed by atoms with van der Waals surface area (Å²) in [5.41, 5.74) is 0. The maximum Gasteiger partial charge on any atom is 0.239 e. The largest absolute Gasteiger partial charge is 0.359 e. The first-order valence-corrected chi connectivity index (χ1v) is 6.46. The Balaban J connectivity index is 0.00000162. The Kier molecular flexibility index (Phi) is 5.88. The van der Waals surface area contributed by atoms with Gasteiger partial charge < -0.3 is 15.5 Å². The molecule has 2 rings (SSSR count). The van der Waals surface area contributed by atoms with Gasteiger partial charge in [-0.25, -0.2) is 0 Å². The number of halogens is 1. The lowest BCUT2D eigenvalue weighted by Gasteiger charge is -2.33. The molecule has 5 nitrogen and oxygen atoms in total. The van der Waals surface area contributed by atoms with E-state index in [1.165, 1.54) is 0 Å². The monoisotopic (exact) mass is 275 g/mol. The quantitative estimate of drug-likeness (QED) is 0.754. The highest BCUT2D eigenvalue weighted by atomic mass is 35.5. The van der Waals surface area contributed by atoms with Crippen molar-refractivity contribution in [3.05, 3.63) is 0 Å². The number of hydrogen-bond acceptors (Lipinski definition) is 3. The minimum Gasteiger partial charge on any atom is -0.359 e. The van der Waals surface area contributed by atoms with Crippen LogP contribution < -0.4 is 10.6 Å². The molecular formula is C12H22ClN3O2. The fourth-order valence-electron chi connectivity index (χ4n) is 2.71. The van der Waals surface area contributed by atoms with Crippen LogP contribution in [0.25, 0.3) is 0 Å². The van der Waals surface area contributed by atoms with E-state index in [-0.39, 0.29) is 36.2 Å². The summed E-state index contributed by atoms with van der Waals surface area (Å²) in [6.07, 6.45) is 3.82. The average molecular weight is 276 g/mol. The molecule has 2 aliphatic heterocycles. The van der Waals surface area contributed by atoms with Crippen LogP contribution in [0.2, 0.25) is 0 Å². The van der Waals surface area contributed by atoms with Crippen LogP contribution in [-0.2, 0) is 9.59 Å². The highest BCUT2D eigenvalue weighted by molar-refractivity contribution is 5.85. The van der Waals surface area contributed by atoms with Gasteiger partial charge >= 0.3 is 0 Å². The van der Waals surface area contributed by atoms with Crippen LogP contribution in [0.4, 0.5) is 0 Å². The minimum atomic E-state index is -0.0286. The zero-order chi connectivity index (χ0) is 12.3. The van der Waals surface area contributed by atoms with E-state index in [9.17, 15) is 9.59 Å². The van der Waals surface area contributed by atoms with E-state index in [2.05, 4.69) is 10.6 Å². The Morgan fingerprint density at radius 1 is 1.28 bits per heavy atom. The van der Waals surface area contributed by atoms with Gasteiger partial charge in [0.2, 0.25) is 11.8 Å². The van der Waals surface area contributed by atoms with E-state index < -0.39 is 0 Å². The summed E-state index contributed by atoms with van der Waals surface area (Å²) >= 11 is 0. The van der Waals surface area contributed by atoms with Crippen LogP contribution in [0.5, 0.6) is 0 Å². The molecule has 0 radical (unpaired) electrons. The van der Waals surface area contributed by atoms with Gasteiger partial charge in [-0.1, -0.05) is 0 Å². The van der Waals surface area contributed by atoms with Gasteiger partial charge in [0.1, 0.15) is 0 Å². The highest BCUT2D eigenvalue weighted by Crippen LogP contribution is 2.19. The molecule has 6 heteroatoms. The summed E-state index contributed by atoms with van der Waals surface area (Å²) < 4.78 is 0. The number of hydrogen-bond donors (Lipinski definition) is 2. The van der Waals surface area contributed by atoms with Crippen LogP contribution in [0.1, 0.15) is 25.7 Å². The summed E-state index contributed by atoms with van der Waals surface area (Å²) in [7, 11) is 1.65. The van der Waals surface area contributed by atoms with Gasteiger partial charge in [0.15, 0.2) is 0 Å². The predicted molar refractivity (Wildman–Crippen MR) is 71.6 cm³/mol. The van der Waals surface area contributed by atoms with Crippen molar-refractivity contribution in [3.63, 3.8) is 0 Å². The highest BCUT2D eigenvalue weighted by Gasteiger charge is 2.32. The minimum absolute atomic E-state index is 0. The second-order valence-electron chi connectivity index (χ2n) is 4.89. The number of amides is 2. The van der Waals surface area contributed by atoms with Gasteiger partial charge in [-0.15, -0.1) is 12.4 Å². The lowest BCUT2D eigenvalue weighted by molar-refractivity contribution is -0.137. The molecule has 2 unspecified atom stereocenters. The molecule has 2 atom stereocenters. The average Bonchev–Trinajstić information content (AvgIpc) is 2.91. The van der Waals surface area contributed by atoms with Gasteiger partial charge in [-0.3, -0.25) is 9.59 Å². The van der Waals surface area contributed by atoms with Crippen molar-refractivity contribution in [3.8, 4) is 0 Å². The van der Waals surface area contributed by atoms with E-state index in [0.717, 1.165) is 38.8 Å². The second kappa shape index (κ2) is 6.95. The molecule has 0 bridgehead atoms. The van der Waals surface area contributed by atoms with E-state index in [0.29, 0.717) is 6.54 Å². The van der Waals surface area contributed by atoms with Crippen molar-refractivity contribution in [1.29, 1.82) is 0 Å². The first-order valence-electron chi connectivity index (χ1n) is 6.46. The number of carbonyl (C=O) groups excluding carboxylic acids is 2. The standard InChI is InChI=1S/C12H21N3O2.ClH/c1-13-11(16)9-4-3-7-15(8-9)12(17)10-5-2-6-14-10;/h9-10,14H,2-8H2,1H3,(H,13,16);1H. The Morgan fingerprint density at radius 3 is 2.67 bits per heavy atom. The van der Waals surface area contributed by atoms with Gasteiger partial charge in [0, 0.05) is 20.1 Å². The molecule has 0 saturated carbocycles. The SMILES string of the molecule is CNC(=O)C1CCCN(C(=O)C2CCCN2)C1.Cl. The molecule has 2 saturated heterocycles. The van der Waals surface area contributed by atoms with Crippen LogP contribution >= 0.6 is 12.4 Å². The Morgan fingerprint density at radius 2 is 2.06 bits per heavy atom. The van der Waals surface area contributed by atoms with E-state index in [4.69, 9.17) is 0 Å². The number of carbonyl (C=O) groups is 2. The van der Waals surface area contributed by atoms with Crippen molar-refractivity contribution >= 4 is 24.2 Å². The molecule has 2 heterocycles. The lowest BCUT2D eigenvalue weighted by Crippen LogP contribution is -2.50.